The summed E-state index contributed by atoms with van der Waals surface area (Å²) in [5, 5.41) is 4.96. The van der Waals surface area contributed by atoms with Gasteiger partial charge in [-0.15, -0.1) is 0 Å². The molecule has 0 aliphatic heterocycles. The van der Waals surface area contributed by atoms with Crippen molar-refractivity contribution in [1.29, 1.82) is 0 Å². The maximum atomic E-state index is 5.17. The molecule has 0 aliphatic carbocycles. The Labute approximate surface area is 273 Å². The summed E-state index contributed by atoms with van der Waals surface area (Å²) in [4.78, 5) is 5.17. The minimum Gasteiger partial charge on any atom is -0.292 e. The predicted molar refractivity (Wildman–Crippen MR) is 198 cm³/mol. The van der Waals surface area contributed by atoms with Gasteiger partial charge in [0.25, 0.3) is 0 Å². The van der Waals surface area contributed by atoms with E-state index in [2.05, 4.69) is 187 Å². The number of aromatic nitrogens is 2. The van der Waals surface area contributed by atoms with Gasteiger partial charge in [0.15, 0.2) is 0 Å². The number of rotatable bonds is 5. The van der Waals surface area contributed by atoms with Crippen LogP contribution in [0, 0.1) is 0 Å². The molecule has 0 unspecified atom stereocenters. The highest BCUT2D eigenvalue weighted by molar-refractivity contribution is 6.21. The van der Waals surface area contributed by atoms with E-state index in [1.165, 1.54) is 54.9 Å². The van der Waals surface area contributed by atoms with Gasteiger partial charge in [0.2, 0.25) is 0 Å². The number of hydrogen-bond acceptors (Lipinski definition) is 1. The van der Waals surface area contributed by atoms with E-state index < -0.39 is 0 Å². The Morgan fingerprint density at radius 2 is 0.787 bits per heavy atom. The van der Waals surface area contributed by atoms with Crippen molar-refractivity contribution in [2.45, 2.75) is 0 Å². The van der Waals surface area contributed by atoms with E-state index in [1.807, 2.05) is 0 Å². The summed E-state index contributed by atoms with van der Waals surface area (Å²) in [5.41, 5.74) is 11.6. The topological polar surface area (TPSA) is 17.8 Å². The number of para-hydroxylation sites is 3. The minimum absolute atomic E-state index is 0.933. The lowest BCUT2D eigenvalue weighted by molar-refractivity contribution is 1.10. The van der Waals surface area contributed by atoms with Crippen molar-refractivity contribution in [2.24, 2.45) is 0 Å². The molecule has 0 N–H and O–H groups in total. The van der Waals surface area contributed by atoms with Crippen LogP contribution in [-0.2, 0) is 0 Å². The maximum absolute atomic E-state index is 5.17. The van der Waals surface area contributed by atoms with Gasteiger partial charge < -0.3 is 0 Å². The molecule has 0 radical (unpaired) electrons. The van der Waals surface area contributed by atoms with E-state index in [0.29, 0.717) is 0 Å². The smallest absolute Gasteiger partial charge is 0.145 e. The Balaban J connectivity index is 1.28. The number of hydrogen-bond donors (Lipinski definition) is 0. The van der Waals surface area contributed by atoms with E-state index in [4.69, 9.17) is 4.98 Å². The summed E-state index contributed by atoms with van der Waals surface area (Å²) < 4.78 is 2.27. The Morgan fingerprint density at radius 3 is 1.40 bits per heavy atom. The summed E-state index contributed by atoms with van der Waals surface area (Å²) >= 11 is 0. The lowest BCUT2D eigenvalue weighted by atomic mass is 9.85. The summed E-state index contributed by atoms with van der Waals surface area (Å²) in [5.74, 6) is 0.933. The van der Waals surface area contributed by atoms with Crippen molar-refractivity contribution in [3.63, 3.8) is 0 Å². The fraction of sp³-hybridized carbons (Fsp3) is 0. The van der Waals surface area contributed by atoms with Crippen molar-refractivity contribution in [3.05, 3.63) is 182 Å². The second-order valence-electron chi connectivity index (χ2n) is 12.0. The molecule has 0 bridgehead atoms. The van der Waals surface area contributed by atoms with Gasteiger partial charge >= 0.3 is 0 Å². The van der Waals surface area contributed by atoms with Crippen molar-refractivity contribution in [3.8, 4) is 50.5 Å². The standard InChI is InChI=1S/C45H30N2/c1-3-15-31(16-4-1)32-17-13-18-33(29-32)43-37-23-7-9-25-39(37)44(40-26-10-8-24-38(40)43)34-19-14-20-35(30-34)45-46-41-27-11-12-28-42(41)47(45)36-21-5-2-6-22-36/h1-30H. The first-order valence-electron chi connectivity index (χ1n) is 16.1. The fourth-order valence-corrected chi connectivity index (χ4v) is 7.11. The van der Waals surface area contributed by atoms with Crippen LogP contribution in [0.3, 0.4) is 0 Å². The molecule has 1 heterocycles. The van der Waals surface area contributed by atoms with Crippen LogP contribution in [0.15, 0.2) is 182 Å². The van der Waals surface area contributed by atoms with Gasteiger partial charge in [0.1, 0.15) is 5.82 Å². The number of benzene rings is 8. The van der Waals surface area contributed by atoms with Crippen LogP contribution in [0.25, 0.3) is 83.0 Å². The molecule has 220 valence electrons. The molecule has 0 saturated carbocycles. The van der Waals surface area contributed by atoms with Gasteiger partial charge in [0, 0.05) is 11.3 Å². The van der Waals surface area contributed by atoms with Gasteiger partial charge in [-0.05, 0) is 91.3 Å². The van der Waals surface area contributed by atoms with Crippen LogP contribution in [0.5, 0.6) is 0 Å². The molecule has 0 atom stereocenters. The first-order valence-corrected chi connectivity index (χ1v) is 16.1. The molecule has 8 aromatic carbocycles. The molecule has 47 heavy (non-hydrogen) atoms. The number of imidazole rings is 1. The molecule has 0 saturated heterocycles. The van der Waals surface area contributed by atoms with Crippen molar-refractivity contribution in [2.75, 3.05) is 0 Å². The van der Waals surface area contributed by atoms with E-state index >= 15 is 0 Å². The fourth-order valence-electron chi connectivity index (χ4n) is 7.11. The zero-order valence-electron chi connectivity index (χ0n) is 25.7. The highest BCUT2D eigenvalue weighted by atomic mass is 15.1. The Hall–Kier alpha value is -6.25. The molecule has 0 aliphatic rings. The van der Waals surface area contributed by atoms with Gasteiger partial charge in [-0.25, -0.2) is 4.98 Å². The first-order chi connectivity index (χ1) is 23.3. The highest BCUT2D eigenvalue weighted by Gasteiger charge is 2.19. The van der Waals surface area contributed by atoms with Gasteiger partial charge in [-0.3, -0.25) is 4.57 Å². The lowest BCUT2D eigenvalue weighted by Crippen LogP contribution is -1.97. The molecular formula is C45H30N2. The van der Waals surface area contributed by atoms with Crippen molar-refractivity contribution >= 4 is 32.6 Å². The summed E-state index contributed by atoms with van der Waals surface area (Å²) in [6, 6.07) is 65.1. The molecule has 2 nitrogen and oxygen atoms in total. The third kappa shape index (κ3) is 4.62. The Kier molecular flexibility index (Phi) is 6.50. The van der Waals surface area contributed by atoms with Crippen LogP contribution in [0.2, 0.25) is 0 Å². The minimum atomic E-state index is 0.933. The van der Waals surface area contributed by atoms with Crippen LogP contribution in [0.4, 0.5) is 0 Å². The normalized spacial score (nSPS) is 11.4. The first kappa shape index (κ1) is 27.1. The molecule has 2 heteroatoms. The lowest BCUT2D eigenvalue weighted by Gasteiger charge is -2.18. The SMILES string of the molecule is c1ccc(-c2cccc(-c3c4ccccc4c(-c4cccc(-c5nc6ccccc6n5-c5ccccc5)c4)c4ccccc34)c2)cc1. The molecule has 9 aromatic rings. The largest absolute Gasteiger partial charge is 0.292 e. The van der Waals surface area contributed by atoms with Crippen molar-refractivity contribution in [1.82, 2.24) is 9.55 Å². The summed E-state index contributed by atoms with van der Waals surface area (Å²) in [6.07, 6.45) is 0. The quantitative estimate of drug-likeness (QED) is 0.180. The second-order valence-corrected chi connectivity index (χ2v) is 12.0. The van der Waals surface area contributed by atoms with Crippen LogP contribution < -0.4 is 0 Å². The monoisotopic (exact) mass is 598 g/mol. The van der Waals surface area contributed by atoms with Gasteiger partial charge in [-0.1, -0.05) is 146 Å². The summed E-state index contributed by atoms with van der Waals surface area (Å²) in [7, 11) is 0. The van der Waals surface area contributed by atoms with E-state index in [1.54, 1.807) is 0 Å². The second kappa shape index (κ2) is 11.3. The molecule has 1 aromatic heterocycles. The van der Waals surface area contributed by atoms with E-state index in [9.17, 15) is 0 Å². The van der Waals surface area contributed by atoms with Crippen LogP contribution >= 0.6 is 0 Å². The van der Waals surface area contributed by atoms with Crippen molar-refractivity contribution < 1.29 is 0 Å². The third-order valence-corrected chi connectivity index (χ3v) is 9.17. The third-order valence-electron chi connectivity index (χ3n) is 9.17. The Morgan fingerprint density at radius 1 is 0.340 bits per heavy atom. The maximum Gasteiger partial charge on any atom is 0.145 e. The molecular weight excluding hydrogens is 569 g/mol. The molecule has 9 rings (SSSR count). The van der Waals surface area contributed by atoms with Crippen LogP contribution in [-0.4, -0.2) is 9.55 Å². The van der Waals surface area contributed by atoms with Gasteiger partial charge in [0.05, 0.1) is 11.0 Å². The zero-order chi connectivity index (χ0) is 31.2. The number of nitrogens with zero attached hydrogens (tertiary/aromatic N) is 2. The zero-order valence-corrected chi connectivity index (χ0v) is 25.7. The van der Waals surface area contributed by atoms with E-state index in [0.717, 1.165) is 28.1 Å². The average Bonchev–Trinajstić information content (AvgIpc) is 3.54. The summed E-state index contributed by atoms with van der Waals surface area (Å²) in [6.45, 7) is 0. The molecule has 0 amide bonds. The molecule has 0 spiro atoms. The van der Waals surface area contributed by atoms with Gasteiger partial charge in [-0.2, -0.15) is 0 Å². The van der Waals surface area contributed by atoms with E-state index in [-0.39, 0.29) is 0 Å². The predicted octanol–water partition coefficient (Wildman–Crippen LogP) is 12.0. The molecule has 0 fully saturated rings. The average molecular weight is 599 g/mol. The number of fused-ring (bicyclic) bond motifs is 3. The van der Waals surface area contributed by atoms with Crippen LogP contribution in [0.1, 0.15) is 0 Å². The Bertz CT molecular complexity index is 2500. The highest BCUT2D eigenvalue weighted by Crippen LogP contribution is 2.45.